The molecular formula is C14H34NO5P. The summed E-state index contributed by atoms with van der Waals surface area (Å²) in [5.74, 6) is 0. The molecule has 4 unspecified atom stereocenters. The summed E-state index contributed by atoms with van der Waals surface area (Å²) in [6.07, 6.45) is 0.743. The largest absolute Gasteiger partial charge is 0.405 e. The van der Waals surface area contributed by atoms with Crippen LogP contribution >= 0.6 is 7.75 Å². The highest BCUT2D eigenvalue weighted by atomic mass is 31.2. The van der Waals surface area contributed by atoms with Crippen molar-refractivity contribution in [3.05, 3.63) is 0 Å². The Balaban J connectivity index is 0. The zero-order chi connectivity index (χ0) is 16.9. The van der Waals surface area contributed by atoms with Gasteiger partial charge in [0.2, 0.25) is 0 Å². The predicted octanol–water partition coefficient (Wildman–Crippen LogP) is 3.61. The lowest BCUT2D eigenvalue weighted by Gasteiger charge is -2.23. The van der Waals surface area contributed by atoms with E-state index in [0.717, 1.165) is 6.42 Å². The van der Waals surface area contributed by atoms with Crippen LogP contribution in [-0.2, 0) is 23.1 Å². The molecule has 0 radical (unpaired) electrons. The number of nitrogens with one attached hydrogen (secondary N) is 1. The van der Waals surface area contributed by atoms with E-state index in [1.54, 1.807) is 14.0 Å². The van der Waals surface area contributed by atoms with Crippen LogP contribution < -0.4 is 5.09 Å². The Hall–Kier alpha value is 0.0300. The lowest BCUT2D eigenvalue weighted by Crippen LogP contribution is -2.37. The second-order valence-electron chi connectivity index (χ2n) is 4.01. The van der Waals surface area contributed by atoms with Crippen molar-refractivity contribution in [3.63, 3.8) is 0 Å². The summed E-state index contributed by atoms with van der Waals surface area (Å²) in [5, 5.41) is 2.91. The SMILES string of the molecule is CC.CC.CCOP(=O)(NC1CC(C)OC1COC)OC. The fraction of sp³-hybridized carbons (Fsp3) is 1.00. The van der Waals surface area contributed by atoms with Crippen molar-refractivity contribution < 1.29 is 23.1 Å². The minimum absolute atomic E-state index is 0.0812. The first-order valence-corrected chi connectivity index (χ1v) is 9.31. The van der Waals surface area contributed by atoms with Gasteiger partial charge in [0, 0.05) is 20.3 Å². The van der Waals surface area contributed by atoms with E-state index >= 15 is 0 Å². The van der Waals surface area contributed by atoms with Gasteiger partial charge in [-0.15, -0.1) is 0 Å². The van der Waals surface area contributed by atoms with Crippen molar-refractivity contribution in [2.24, 2.45) is 0 Å². The zero-order valence-corrected chi connectivity index (χ0v) is 15.7. The molecule has 0 spiro atoms. The number of ether oxygens (including phenoxy) is 2. The highest BCUT2D eigenvalue weighted by Gasteiger charge is 2.38. The van der Waals surface area contributed by atoms with Gasteiger partial charge >= 0.3 is 7.75 Å². The fourth-order valence-corrected chi connectivity index (χ4v) is 3.23. The number of rotatable bonds is 7. The van der Waals surface area contributed by atoms with Crippen LogP contribution in [-0.4, -0.2) is 45.7 Å². The van der Waals surface area contributed by atoms with Gasteiger partial charge in [-0.05, 0) is 20.3 Å². The maximum atomic E-state index is 12.1. The molecule has 0 aromatic rings. The van der Waals surface area contributed by atoms with Crippen LogP contribution in [0.25, 0.3) is 0 Å². The Labute approximate surface area is 130 Å². The molecule has 1 fully saturated rings. The van der Waals surface area contributed by atoms with E-state index in [4.69, 9.17) is 18.5 Å². The van der Waals surface area contributed by atoms with Gasteiger partial charge in [-0.3, -0.25) is 4.52 Å². The maximum absolute atomic E-state index is 12.1. The standard InChI is InChI=1S/C10H22NO5P.2C2H6/c1-5-15-17(12,14-4)11-9-6-8(2)16-10(9)7-13-3;2*1-2/h8-10H,5-7H2,1-4H3,(H,11,12);2*1-2H3. The van der Waals surface area contributed by atoms with Crippen molar-refractivity contribution in [1.82, 2.24) is 5.09 Å². The van der Waals surface area contributed by atoms with Gasteiger partial charge in [-0.1, -0.05) is 27.7 Å². The van der Waals surface area contributed by atoms with Crippen LogP contribution in [0.3, 0.4) is 0 Å². The van der Waals surface area contributed by atoms with Crippen molar-refractivity contribution in [3.8, 4) is 0 Å². The van der Waals surface area contributed by atoms with Crippen LogP contribution in [0.2, 0.25) is 0 Å². The highest BCUT2D eigenvalue weighted by molar-refractivity contribution is 7.51. The second kappa shape index (κ2) is 13.7. The molecule has 0 amide bonds. The summed E-state index contributed by atoms with van der Waals surface area (Å²) in [6.45, 7) is 12.5. The number of hydrogen-bond acceptors (Lipinski definition) is 5. The maximum Gasteiger partial charge on any atom is 0.405 e. The molecule has 4 atom stereocenters. The quantitative estimate of drug-likeness (QED) is 0.721. The lowest BCUT2D eigenvalue weighted by atomic mass is 10.1. The summed E-state index contributed by atoms with van der Waals surface area (Å²) >= 11 is 0. The molecular weight excluding hydrogens is 293 g/mol. The average Bonchev–Trinajstić information content (AvgIpc) is 2.83. The van der Waals surface area contributed by atoms with Crippen LogP contribution in [0.15, 0.2) is 0 Å². The molecule has 7 heteroatoms. The molecule has 0 aromatic heterocycles. The summed E-state index contributed by atoms with van der Waals surface area (Å²) in [4.78, 5) is 0. The summed E-state index contributed by atoms with van der Waals surface area (Å²) in [7, 11) is -0.241. The van der Waals surface area contributed by atoms with Gasteiger partial charge in [0.1, 0.15) is 0 Å². The molecule has 6 nitrogen and oxygen atoms in total. The molecule has 1 rings (SSSR count). The van der Waals surface area contributed by atoms with Crippen molar-refractivity contribution in [1.29, 1.82) is 0 Å². The Kier molecular flexibility index (Phi) is 15.2. The summed E-state index contributed by atoms with van der Waals surface area (Å²) in [6, 6.07) is -0.0812. The first-order valence-electron chi connectivity index (χ1n) is 7.77. The normalized spacial score (nSPS) is 27.0. The highest BCUT2D eigenvalue weighted by Crippen LogP contribution is 2.44. The molecule has 0 saturated carbocycles. The Morgan fingerprint density at radius 3 is 2.24 bits per heavy atom. The fourth-order valence-electron chi connectivity index (χ4n) is 1.93. The third kappa shape index (κ3) is 8.91. The smallest absolute Gasteiger partial charge is 0.382 e. The van der Waals surface area contributed by atoms with E-state index in [9.17, 15) is 4.57 Å². The Bertz CT molecular complexity index is 278. The van der Waals surface area contributed by atoms with Gasteiger partial charge in [-0.2, -0.15) is 0 Å². The van der Waals surface area contributed by atoms with Gasteiger partial charge in [0.25, 0.3) is 0 Å². The average molecular weight is 327 g/mol. The van der Waals surface area contributed by atoms with Crippen molar-refractivity contribution >= 4 is 7.75 Å². The first-order chi connectivity index (χ1) is 10.0. The summed E-state index contributed by atoms with van der Waals surface area (Å²) in [5.41, 5.74) is 0. The molecule has 1 N–H and O–H groups in total. The van der Waals surface area contributed by atoms with Gasteiger partial charge in [-0.25, -0.2) is 9.65 Å². The third-order valence-electron chi connectivity index (χ3n) is 2.64. The zero-order valence-electron chi connectivity index (χ0n) is 14.8. The molecule has 0 aromatic carbocycles. The van der Waals surface area contributed by atoms with E-state index in [1.165, 1.54) is 7.11 Å². The third-order valence-corrected chi connectivity index (χ3v) is 4.36. The minimum atomic E-state index is -3.22. The van der Waals surface area contributed by atoms with E-state index in [2.05, 4.69) is 5.09 Å². The molecule has 21 heavy (non-hydrogen) atoms. The molecule has 1 heterocycles. The minimum Gasteiger partial charge on any atom is -0.382 e. The van der Waals surface area contributed by atoms with E-state index in [1.807, 2.05) is 34.6 Å². The van der Waals surface area contributed by atoms with Crippen LogP contribution in [0, 0.1) is 0 Å². The first kappa shape index (κ1) is 23.3. The second-order valence-corrected chi connectivity index (χ2v) is 5.89. The van der Waals surface area contributed by atoms with Gasteiger partial charge in [0.15, 0.2) is 0 Å². The lowest BCUT2D eigenvalue weighted by molar-refractivity contribution is -0.000692. The molecule has 1 aliphatic heterocycles. The molecule has 130 valence electrons. The molecule has 1 saturated heterocycles. The topological polar surface area (TPSA) is 66.0 Å². The van der Waals surface area contributed by atoms with Crippen LogP contribution in [0.4, 0.5) is 0 Å². The predicted molar refractivity (Wildman–Crippen MR) is 86.7 cm³/mol. The van der Waals surface area contributed by atoms with Crippen LogP contribution in [0.5, 0.6) is 0 Å². The van der Waals surface area contributed by atoms with E-state index in [0.29, 0.717) is 13.2 Å². The van der Waals surface area contributed by atoms with Gasteiger partial charge in [0.05, 0.1) is 25.4 Å². The molecule has 0 bridgehead atoms. The Morgan fingerprint density at radius 1 is 1.24 bits per heavy atom. The number of hydrogen-bond donors (Lipinski definition) is 1. The molecule has 0 aliphatic carbocycles. The van der Waals surface area contributed by atoms with Crippen molar-refractivity contribution in [2.75, 3.05) is 27.4 Å². The van der Waals surface area contributed by atoms with E-state index < -0.39 is 7.75 Å². The van der Waals surface area contributed by atoms with Gasteiger partial charge < -0.3 is 14.0 Å². The molecule has 1 aliphatic rings. The van der Waals surface area contributed by atoms with Crippen molar-refractivity contribution in [2.45, 2.75) is 66.2 Å². The number of methoxy groups -OCH3 is 1. The van der Waals surface area contributed by atoms with E-state index in [-0.39, 0.29) is 18.2 Å². The summed E-state index contributed by atoms with van der Waals surface area (Å²) < 4.78 is 32.9. The monoisotopic (exact) mass is 327 g/mol. The Morgan fingerprint density at radius 2 is 1.81 bits per heavy atom. The van der Waals surface area contributed by atoms with Crippen LogP contribution in [0.1, 0.15) is 48.0 Å².